The summed E-state index contributed by atoms with van der Waals surface area (Å²) in [6, 6.07) is 0. The quantitative estimate of drug-likeness (QED) is 0.195. The third-order valence-corrected chi connectivity index (χ3v) is 1.14. The fraction of sp³-hybridized carbons (Fsp3) is 0. The van der Waals surface area contributed by atoms with Gasteiger partial charge in [0.05, 0.1) is 12.1 Å². The Kier molecular flexibility index (Phi) is 14.9. The van der Waals surface area contributed by atoms with Gasteiger partial charge in [0, 0.05) is 6.20 Å². The topological polar surface area (TPSA) is 87.0 Å². The molecule has 0 aliphatic carbocycles. The molecular weight excluding hydrogens is 248 g/mol. The number of nitrogens with zero attached hydrogens (tertiary/aromatic N) is 1. The van der Waals surface area contributed by atoms with E-state index in [-0.39, 0.29) is 63.4 Å². The van der Waals surface area contributed by atoms with Crippen LogP contribution in [0.15, 0.2) is 24.3 Å². The fourth-order valence-electron chi connectivity index (χ4n) is 0.386. The van der Waals surface area contributed by atoms with Crippen molar-refractivity contribution < 1.29 is 79.5 Å². The van der Waals surface area contributed by atoms with E-state index in [1.54, 1.807) is 0 Å². The van der Waals surface area contributed by atoms with Crippen molar-refractivity contribution in [2.75, 3.05) is 0 Å². The summed E-state index contributed by atoms with van der Waals surface area (Å²) >= 11 is 8.87. The molecular formula is C5H5NNa2O4S2. The first-order valence-corrected chi connectivity index (χ1v) is 3.42. The first kappa shape index (κ1) is 20.2. The molecule has 3 N–H and O–H groups in total. The second-order valence-electron chi connectivity index (χ2n) is 1.63. The van der Waals surface area contributed by atoms with Gasteiger partial charge in [-0.05, 0) is 0 Å². The predicted octanol–water partition coefficient (Wildman–Crippen LogP) is -6.24. The smallest absolute Gasteiger partial charge is 0.628 e. The van der Waals surface area contributed by atoms with Crippen molar-refractivity contribution in [1.29, 1.82) is 0 Å². The van der Waals surface area contributed by atoms with Crippen LogP contribution in [-0.4, -0.2) is 24.5 Å². The summed E-state index contributed by atoms with van der Waals surface area (Å²) < 4.78 is -0.224. The molecule has 14 heavy (non-hydrogen) atoms. The number of thiocarbonyl (C=S) groups is 1. The zero-order valence-corrected chi connectivity index (χ0v) is 13.3. The molecule has 0 amide bonds. The van der Waals surface area contributed by atoms with Gasteiger partial charge in [-0.2, -0.15) is 0 Å². The summed E-state index contributed by atoms with van der Waals surface area (Å²) in [5.74, 6) is -2.36. The van der Waals surface area contributed by atoms with Gasteiger partial charge in [0.25, 0.3) is 5.95 Å². The maximum Gasteiger partial charge on any atom is 1.00 e. The Morgan fingerprint density at radius 2 is 1.64 bits per heavy atom. The van der Waals surface area contributed by atoms with Crippen molar-refractivity contribution >= 4 is 29.2 Å². The summed E-state index contributed by atoms with van der Waals surface area (Å²) in [5.41, 5.74) is 0. The van der Waals surface area contributed by atoms with Crippen LogP contribution in [0.4, 0.5) is 0 Å². The van der Waals surface area contributed by atoms with Gasteiger partial charge in [0.1, 0.15) is 0 Å². The normalized spacial score (nSPS) is 9.00. The summed E-state index contributed by atoms with van der Waals surface area (Å²) in [6.07, 6.45) is 1.30. The largest absolute Gasteiger partial charge is 1.00 e. The molecule has 0 aromatic heterocycles. The Bertz CT molecular complexity index is 220. The average Bonchev–Trinajstić information content (AvgIpc) is 1.83. The molecule has 0 saturated heterocycles. The second-order valence-corrected chi connectivity index (χ2v) is 2.66. The molecule has 0 aliphatic heterocycles. The van der Waals surface area contributed by atoms with E-state index >= 15 is 0 Å². The number of aliphatic hydroxyl groups is 3. The van der Waals surface area contributed by atoms with Crippen molar-refractivity contribution in [3.63, 3.8) is 0 Å². The molecule has 0 aliphatic rings. The first-order valence-electron chi connectivity index (χ1n) is 2.60. The Balaban J connectivity index is -0.000000605. The Morgan fingerprint density at radius 1 is 1.21 bits per heavy atom. The van der Waals surface area contributed by atoms with Crippen LogP contribution in [0.3, 0.4) is 0 Å². The van der Waals surface area contributed by atoms with Gasteiger partial charge >= 0.3 is 59.1 Å². The molecule has 0 radical (unpaired) electrons. The van der Waals surface area contributed by atoms with Gasteiger partial charge in [0.15, 0.2) is 0 Å². The number of hydrogen-bond acceptors (Lipinski definition) is 6. The van der Waals surface area contributed by atoms with Gasteiger partial charge in [-0.3, -0.25) is 0 Å². The average molecular weight is 253 g/mol. The second kappa shape index (κ2) is 10.3. The molecule has 0 spiro atoms. The standard InChI is InChI=1S/C5H7NO4S2.2Na/c7-3(8)1-6(5(11)12)2-4(9)10;;/h1-2,7-10H,(H,11,12);;/q;2*+1/p-2. The summed E-state index contributed by atoms with van der Waals surface area (Å²) in [5, 5.41) is 35.0. The van der Waals surface area contributed by atoms with Crippen molar-refractivity contribution in [3.8, 4) is 0 Å². The minimum atomic E-state index is -1.29. The summed E-state index contributed by atoms with van der Waals surface area (Å²) in [7, 11) is 0. The van der Waals surface area contributed by atoms with E-state index < -0.39 is 11.9 Å². The SMILES string of the molecule is [Na+].[Na+].[O-]/C(O)=C\N(C=C(O)O)C(=S)[S-]. The van der Waals surface area contributed by atoms with E-state index in [4.69, 9.17) is 15.3 Å². The molecule has 5 nitrogen and oxygen atoms in total. The van der Waals surface area contributed by atoms with Gasteiger partial charge in [-0.1, -0.05) is 4.32 Å². The van der Waals surface area contributed by atoms with Gasteiger partial charge in [-0.25, -0.2) is 0 Å². The molecule has 0 aromatic rings. The van der Waals surface area contributed by atoms with E-state index in [0.29, 0.717) is 12.4 Å². The van der Waals surface area contributed by atoms with Gasteiger partial charge in [-0.15, -0.1) is 0 Å². The Labute approximate surface area is 136 Å². The third-order valence-electron chi connectivity index (χ3n) is 0.715. The Hall–Kier alpha value is 0.790. The van der Waals surface area contributed by atoms with Crippen LogP contribution in [-0.2, 0) is 12.6 Å². The molecule has 68 valence electrons. The van der Waals surface area contributed by atoms with E-state index in [1.807, 2.05) is 0 Å². The minimum Gasteiger partial charge on any atom is -0.628 e. The number of rotatable bonds is 2. The predicted molar refractivity (Wildman–Crippen MR) is 45.9 cm³/mol. The molecule has 0 saturated carbocycles. The van der Waals surface area contributed by atoms with Crippen molar-refractivity contribution in [2.24, 2.45) is 0 Å². The Morgan fingerprint density at radius 3 is 1.86 bits per heavy atom. The van der Waals surface area contributed by atoms with Crippen LogP contribution in [0, 0.1) is 0 Å². The van der Waals surface area contributed by atoms with Crippen molar-refractivity contribution in [3.05, 3.63) is 24.3 Å². The molecule has 0 rings (SSSR count). The van der Waals surface area contributed by atoms with E-state index in [0.717, 1.165) is 4.90 Å². The van der Waals surface area contributed by atoms with Crippen LogP contribution in [0.25, 0.3) is 0 Å². The third kappa shape index (κ3) is 10.9. The van der Waals surface area contributed by atoms with Crippen LogP contribution >= 0.6 is 12.2 Å². The summed E-state index contributed by atoms with van der Waals surface area (Å²) in [4.78, 5) is 0.725. The molecule has 0 atom stereocenters. The van der Waals surface area contributed by atoms with Crippen LogP contribution in [0.5, 0.6) is 0 Å². The number of hydrogen-bond donors (Lipinski definition) is 3. The first-order chi connectivity index (χ1) is 5.43. The minimum absolute atomic E-state index is 0. The van der Waals surface area contributed by atoms with Gasteiger partial charge < -0.3 is 50.2 Å². The monoisotopic (exact) mass is 253 g/mol. The van der Waals surface area contributed by atoms with E-state index in [1.165, 1.54) is 0 Å². The van der Waals surface area contributed by atoms with Crippen molar-refractivity contribution in [2.45, 2.75) is 0 Å². The maximum absolute atomic E-state index is 10.1. The molecule has 9 heteroatoms. The molecule has 0 aromatic carbocycles. The van der Waals surface area contributed by atoms with E-state index in [2.05, 4.69) is 24.8 Å². The zero-order chi connectivity index (χ0) is 9.72. The molecule has 0 bridgehead atoms. The number of aliphatic hydroxyl groups excluding tert-OH is 2. The van der Waals surface area contributed by atoms with Crippen LogP contribution in [0.2, 0.25) is 0 Å². The van der Waals surface area contributed by atoms with Crippen LogP contribution in [0.1, 0.15) is 0 Å². The maximum atomic E-state index is 10.1. The van der Waals surface area contributed by atoms with Gasteiger partial charge in [0.2, 0.25) is 0 Å². The van der Waals surface area contributed by atoms with Crippen LogP contribution < -0.4 is 64.2 Å². The zero-order valence-electron chi connectivity index (χ0n) is 7.67. The summed E-state index contributed by atoms with van der Waals surface area (Å²) in [6.45, 7) is 0. The molecule has 0 unspecified atom stereocenters. The molecule has 0 fully saturated rings. The van der Waals surface area contributed by atoms with E-state index in [9.17, 15) is 5.11 Å². The van der Waals surface area contributed by atoms with Crippen molar-refractivity contribution in [1.82, 2.24) is 4.90 Å². The molecule has 0 heterocycles. The fourth-order valence-corrected chi connectivity index (χ4v) is 0.597.